The first-order valence-electron chi connectivity index (χ1n) is 5.35. The van der Waals surface area contributed by atoms with Gasteiger partial charge in [-0.1, -0.05) is 11.6 Å². The molecule has 19 heavy (non-hydrogen) atoms. The van der Waals surface area contributed by atoms with Gasteiger partial charge in [0.2, 0.25) is 0 Å². The Morgan fingerprint density at radius 2 is 1.58 bits per heavy atom. The lowest BCUT2D eigenvalue weighted by Crippen LogP contribution is -2.02. The van der Waals surface area contributed by atoms with Gasteiger partial charge in [-0.2, -0.15) is 0 Å². The fraction of sp³-hybridized carbons (Fsp3) is 0.0714. The van der Waals surface area contributed by atoms with Crippen molar-refractivity contribution in [1.82, 2.24) is 0 Å². The lowest BCUT2D eigenvalue weighted by atomic mass is 10.0. The second kappa shape index (κ2) is 5.36. The van der Waals surface area contributed by atoms with Gasteiger partial charge in [0.1, 0.15) is 11.6 Å². The Morgan fingerprint density at radius 3 is 2.16 bits per heavy atom. The second-order valence-corrected chi connectivity index (χ2v) is 4.31. The van der Waals surface area contributed by atoms with Gasteiger partial charge in [0.05, 0.1) is 12.7 Å². The fourth-order valence-corrected chi connectivity index (χ4v) is 1.93. The van der Waals surface area contributed by atoms with Crippen LogP contribution < -0.4 is 0 Å². The quantitative estimate of drug-likeness (QED) is 0.776. The van der Waals surface area contributed by atoms with Gasteiger partial charge in [0.25, 0.3) is 0 Å². The Balaban J connectivity index is 2.55. The molecule has 5 heteroatoms. The lowest BCUT2D eigenvalue weighted by Gasteiger charge is -2.06. The zero-order valence-electron chi connectivity index (χ0n) is 9.91. The van der Waals surface area contributed by atoms with E-state index in [0.717, 1.165) is 12.1 Å². The number of hydrogen-bond donors (Lipinski definition) is 0. The summed E-state index contributed by atoms with van der Waals surface area (Å²) in [6.07, 6.45) is 0. The number of methoxy groups -OCH3 is 1. The zero-order chi connectivity index (χ0) is 14.0. The number of rotatable bonds is 2. The SMILES string of the molecule is COC(=O)c1cc(F)cc(-c2cc(F)cc(Cl)c2)c1. The highest BCUT2D eigenvalue weighted by atomic mass is 35.5. The molecule has 0 spiro atoms. The van der Waals surface area contributed by atoms with Crippen molar-refractivity contribution in [3.05, 3.63) is 58.6 Å². The largest absolute Gasteiger partial charge is 0.465 e. The van der Waals surface area contributed by atoms with Gasteiger partial charge in [0, 0.05) is 5.02 Å². The van der Waals surface area contributed by atoms with E-state index in [1.54, 1.807) is 0 Å². The molecule has 0 fully saturated rings. The van der Waals surface area contributed by atoms with Crippen LogP contribution in [0.1, 0.15) is 10.4 Å². The summed E-state index contributed by atoms with van der Waals surface area (Å²) in [7, 11) is 1.20. The van der Waals surface area contributed by atoms with Crippen LogP contribution in [-0.4, -0.2) is 13.1 Å². The average Bonchev–Trinajstić information content (AvgIpc) is 2.36. The first kappa shape index (κ1) is 13.5. The van der Waals surface area contributed by atoms with E-state index < -0.39 is 17.6 Å². The van der Waals surface area contributed by atoms with Gasteiger partial charge >= 0.3 is 5.97 Å². The topological polar surface area (TPSA) is 26.3 Å². The van der Waals surface area contributed by atoms with Crippen LogP contribution in [0.15, 0.2) is 36.4 Å². The van der Waals surface area contributed by atoms with E-state index in [9.17, 15) is 13.6 Å². The molecule has 2 aromatic carbocycles. The molecular weight excluding hydrogens is 274 g/mol. The number of benzene rings is 2. The number of esters is 1. The van der Waals surface area contributed by atoms with Gasteiger partial charge in [-0.3, -0.25) is 0 Å². The summed E-state index contributed by atoms with van der Waals surface area (Å²) in [6, 6.07) is 7.50. The predicted molar refractivity (Wildman–Crippen MR) is 68.1 cm³/mol. The Hall–Kier alpha value is -1.94. The van der Waals surface area contributed by atoms with Crippen LogP contribution in [0.4, 0.5) is 8.78 Å². The summed E-state index contributed by atoms with van der Waals surface area (Å²) in [5, 5.41) is 0.193. The fourth-order valence-electron chi connectivity index (χ4n) is 1.71. The monoisotopic (exact) mass is 282 g/mol. The average molecular weight is 283 g/mol. The molecule has 0 aliphatic rings. The Bertz CT molecular complexity index is 621. The first-order chi connectivity index (χ1) is 8.99. The molecule has 0 saturated carbocycles. The third-order valence-electron chi connectivity index (χ3n) is 2.51. The summed E-state index contributed by atoms with van der Waals surface area (Å²) < 4.78 is 31.3. The van der Waals surface area contributed by atoms with E-state index >= 15 is 0 Å². The summed E-state index contributed by atoms with van der Waals surface area (Å²) >= 11 is 5.74. The van der Waals surface area contributed by atoms with Gasteiger partial charge in [0.15, 0.2) is 0 Å². The van der Waals surface area contributed by atoms with Gasteiger partial charge in [-0.25, -0.2) is 13.6 Å². The van der Waals surface area contributed by atoms with Crippen LogP contribution in [0, 0.1) is 11.6 Å². The molecule has 0 aliphatic heterocycles. The molecule has 0 amide bonds. The van der Waals surface area contributed by atoms with E-state index in [1.807, 2.05) is 0 Å². The highest BCUT2D eigenvalue weighted by Crippen LogP contribution is 2.26. The first-order valence-corrected chi connectivity index (χ1v) is 5.73. The molecule has 2 nitrogen and oxygen atoms in total. The van der Waals surface area contributed by atoms with E-state index in [-0.39, 0.29) is 10.6 Å². The molecule has 0 heterocycles. The number of carbonyl (C=O) groups is 1. The molecule has 0 bridgehead atoms. The lowest BCUT2D eigenvalue weighted by molar-refractivity contribution is 0.0600. The van der Waals surface area contributed by atoms with E-state index in [2.05, 4.69) is 4.74 Å². The molecule has 2 rings (SSSR count). The minimum atomic E-state index is -0.664. The number of halogens is 3. The van der Waals surface area contributed by atoms with E-state index in [4.69, 9.17) is 11.6 Å². The van der Waals surface area contributed by atoms with Crippen LogP contribution in [-0.2, 0) is 4.74 Å². The highest BCUT2D eigenvalue weighted by molar-refractivity contribution is 6.30. The summed E-state index contributed by atoms with van der Waals surface area (Å²) in [6.45, 7) is 0. The maximum Gasteiger partial charge on any atom is 0.337 e. The predicted octanol–water partition coefficient (Wildman–Crippen LogP) is 4.07. The van der Waals surface area contributed by atoms with Crippen LogP contribution in [0.2, 0.25) is 5.02 Å². The number of hydrogen-bond acceptors (Lipinski definition) is 2. The third-order valence-corrected chi connectivity index (χ3v) is 2.73. The van der Waals surface area contributed by atoms with E-state index in [0.29, 0.717) is 11.1 Å². The molecule has 0 aliphatic carbocycles. The van der Waals surface area contributed by atoms with Crippen LogP contribution in [0.3, 0.4) is 0 Å². The molecule has 98 valence electrons. The van der Waals surface area contributed by atoms with Crippen molar-refractivity contribution in [2.45, 2.75) is 0 Å². The Morgan fingerprint density at radius 1 is 1.00 bits per heavy atom. The summed E-state index contributed by atoms with van der Waals surface area (Å²) in [5.41, 5.74) is 0.786. The molecule has 0 radical (unpaired) electrons. The molecular formula is C14H9ClF2O2. The van der Waals surface area contributed by atoms with Gasteiger partial charge in [-0.15, -0.1) is 0 Å². The van der Waals surface area contributed by atoms with Crippen molar-refractivity contribution < 1.29 is 18.3 Å². The Labute approximate surface area is 113 Å². The smallest absolute Gasteiger partial charge is 0.337 e. The minimum absolute atomic E-state index is 0.0536. The third kappa shape index (κ3) is 3.09. The van der Waals surface area contributed by atoms with Crippen molar-refractivity contribution in [2.75, 3.05) is 7.11 Å². The summed E-state index contributed by atoms with van der Waals surface area (Å²) in [4.78, 5) is 11.4. The zero-order valence-corrected chi connectivity index (χ0v) is 10.7. The molecule has 0 aromatic heterocycles. The van der Waals surface area contributed by atoms with Gasteiger partial charge in [-0.05, 0) is 47.5 Å². The van der Waals surface area contributed by atoms with Crippen molar-refractivity contribution in [3.63, 3.8) is 0 Å². The second-order valence-electron chi connectivity index (χ2n) is 3.88. The molecule has 0 saturated heterocycles. The summed E-state index contributed by atoms with van der Waals surface area (Å²) in [5.74, 6) is -1.81. The van der Waals surface area contributed by atoms with Crippen LogP contribution in [0.5, 0.6) is 0 Å². The molecule has 0 unspecified atom stereocenters. The number of ether oxygens (including phenoxy) is 1. The maximum atomic E-state index is 13.5. The van der Waals surface area contributed by atoms with Crippen LogP contribution in [0.25, 0.3) is 11.1 Å². The Kier molecular flexibility index (Phi) is 3.81. The van der Waals surface area contributed by atoms with Crippen molar-refractivity contribution in [3.8, 4) is 11.1 Å². The van der Waals surface area contributed by atoms with Crippen molar-refractivity contribution in [1.29, 1.82) is 0 Å². The van der Waals surface area contributed by atoms with Gasteiger partial charge < -0.3 is 4.74 Å². The van der Waals surface area contributed by atoms with E-state index in [1.165, 1.54) is 31.4 Å². The standard InChI is InChI=1S/C14H9ClF2O2/c1-19-14(18)10-2-8(4-12(16)6-10)9-3-11(15)7-13(17)5-9/h2-7H,1H3. The normalized spacial score (nSPS) is 10.3. The maximum absolute atomic E-state index is 13.5. The van der Waals surface area contributed by atoms with Crippen LogP contribution >= 0.6 is 11.6 Å². The highest BCUT2D eigenvalue weighted by Gasteiger charge is 2.11. The minimum Gasteiger partial charge on any atom is -0.465 e. The molecule has 0 atom stereocenters. The number of carbonyl (C=O) groups excluding carboxylic acids is 1. The molecule has 2 aromatic rings. The van der Waals surface area contributed by atoms with Crippen molar-refractivity contribution >= 4 is 17.6 Å². The molecule has 0 N–H and O–H groups in total. The van der Waals surface area contributed by atoms with Crippen molar-refractivity contribution in [2.24, 2.45) is 0 Å².